The Morgan fingerprint density at radius 3 is 2.48 bits per heavy atom. The highest BCUT2D eigenvalue weighted by molar-refractivity contribution is 5.70. The first-order chi connectivity index (χ1) is 15.6. The molecular weight excluding hydrogens is 432 g/mol. The van der Waals surface area contributed by atoms with Crippen LogP contribution in [0.5, 0.6) is 0 Å². The number of aryl methyl sites for hydroxylation is 1. The number of nitrogen functional groups attached to an aromatic ring is 1. The summed E-state index contributed by atoms with van der Waals surface area (Å²) in [5, 5.41) is 20.6. The third-order valence-corrected chi connectivity index (χ3v) is 5.42. The van der Waals surface area contributed by atoms with Gasteiger partial charge in [-0.3, -0.25) is 19.5 Å². The van der Waals surface area contributed by atoms with Crippen molar-refractivity contribution in [1.82, 2.24) is 19.5 Å². The van der Waals surface area contributed by atoms with Crippen molar-refractivity contribution in [1.29, 1.82) is 0 Å². The summed E-state index contributed by atoms with van der Waals surface area (Å²) in [4.78, 5) is 36.5. The fraction of sp³-hybridized carbons (Fsp3) is 0.429. The third-order valence-electron chi connectivity index (χ3n) is 5.42. The molecule has 1 saturated heterocycles. The van der Waals surface area contributed by atoms with E-state index in [-0.39, 0.29) is 41.1 Å². The third kappa shape index (κ3) is 4.40. The number of ether oxygens (including phenoxy) is 2. The number of nitrogens with zero attached hydrogens (tertiary/aromatic N) is 5. The summed E-state index contributed by atoms with van der Waals surface area (Å²) in [7, 11) is 0. The van der Waals surface area contributed by atoms with Gasteiger partial charge in [-0.25, -0.2) is 9.97 Å². The molecule has 0 bridgehead atoms. The fourth-order valence-electron chi connectivity index (χ4n) is 3.90. The van der Waals surface area contributed by atoms with Gasteiger partial charge in [0.15, 0.2) is 17.0 Å². The number of fused-ring (bicyclic) bond motifs is 1. The monoisotopic (exact) mass is 456 g/mol. The lowest BCUT2D eigenvalue weighted by molar-refractivity contribution is -0.384. The number of nitro groups is 1. The van der Waals surface area contributed by atoms with E-state index in [2.05, 4.69) is 15.0 Å². The van der Waals surface area contributed by atoms with Crippen LogP contribution in [0.15, 0.2) is 29.1 Å². The van der Waals surface area contributed by atoms with E-state index < -0.39 is 29.0 Å². The predicted octanol–water partition coefficient (Wildman–Crippen LogP) is 1.62. The SMILES string of the molecule is CC1OC(C)(C)OC1c1nc2c(=O)n(CCc3ccc([N+](=O)[O-])cc3)c(N)nc2nc1CO. The zero-order valence-corrected chi connectivity index (χ0v) is 18.4. The van der Waals surface area contributed by atoms with E-state index in [0.717, 1.165) is 5.56 Å². The number of hydrogen-bond donors (Lipinski definition) is 2. The van der Waals surface area contributed by atoms with Crippen LogP contribution in [0.4, 0.5) is 11.6 Å². The molecule has 0 radical (unpaired) electrons. The molecule has 0 aliphatic carbocycles. The zero-order chi connectivity index (χ0) is 23.9. The Labute approximate surface area is 188 Å². The normalized spacial score (nSPS) is 19.8. The van der Waals surface area contributed by atoms with E-state index in [0.29, 0.717) is 12.1 Å². The van der Waals surface area contributed by atoms with Gasteiger partial charge in [-0.2, -0.15) is 4.98 Å². The van der Waals surface area contributed by atoms with Crippen LogP contribution in [0.3, 0.4) is 0 Å². The Kier molecular flexibility index (Phi) is 5.82. The highest BCUT2D eigenvalue weighted by atomic mass is 16.7. The van der Waals surface area contributed by atoms with Crippen LogP contribution in [-0.4, -0.2) is 41.4 Å². The van der Waals surface area contributed by atoms with E-state index in [1.807, 2.05) is 6.92 Å². The average Bonchev–Trinajstić information content (AvgIpc) is 3.05. The quantitative estimate of drug-likeness (QED) is 0.410. The van der Waals surface area contributed by atoms with Crippen LogP contribution >= 0.6 is 0 Å². The first-order valence-electron chi connectivity index (χ1n) is 10.4. The maximum absolute atomic E-state index is 13.2. The number of aliphatic hydroxyl groups is 1. The molecule has 0 spiro atoms. The molecule has 1 aliphatic heterocycles. The number of nitro benzene ring substituents is 1. The van der Waals surface area contributed by atoms with E-state index in [1.165, 1.54) is 16.7 Å². The predicted molar refractivity (Wildman–Crippen MR) is 117 cm³/mol. The molecule has 0 saturated carbocycles. The largest absolute Gasteiger partial charge is 0.390 e. The number of anilines is 1. The molecule has 2 aromatic heterocycles. The van der Waals surface area contributed by atoms with Gasteiger partial charge in [-0.1, -0.05) is 12.1 Å². The first-order valence-corrected chi connectivity index (χ1v) is 10.4. The van der Waals surface area contributed by atoms with Gasteiger partial charge in [0.1, 0.15) is 6.10 Å². The van der Waals surface area contributed by atoms with E-state index >= 15 is 0 Å². The minimum atomic E-state index is -0.849. The van der Waals surface area contributed by atoms with Crippen molar-refractivity contribution in [2.45, 2.75) is 58.3 Å². The molecule has 12 heteroatoms. The van der Waals surface area contributed by atoms with Gasteiger partial charge in [-0.15, -0.1) is 0 Å². The summed E-state index contributed by atoms with van der Waals surface area (Å²) in [5.41, 5.74) is 6.89. The molecule has 1 aliphatic rings. The second-order valence-electron chi connectivity index (χ2n) is 8.25. The minimum absolute atomic E-state index is 0.000561. The fourth-order valence-corrected chi connectivity index (χ4v) is 3.90. The maximum Gasteiger partial charge on any atom is 0.283 e. The van der Waals surface area contributed by atoms with Crippen LogP contribution < -0.4 is 11.3 Å². The molecule has 3 N–H and O–H groups in total. The summed E-state index contributed by atoms with van der Waals surface area (Å²) in [5.74, 6) is -0.895. The lowest BCUT2D eigenvalue weighted by Crippen LogP contribution is -2.28. The zero-order valence-electron chi connectivity index (χ0n) is 18.4. The Hall–Kier alpha value is -3.48. The van der Waals surface area contributed by atoms with Gasteiger partial charge < -0.3 is 20.3 Å². The average molecular weight is 456 g/mol. The molecule has 3 aromatic rings. The van der Waals surface area contributed by atoms with E-state index in [9.17, 15) is 20.0 Å². The molecule has 2 unspecified atom stereocenters. The molecule has 1 aromatic carbocycles. The molecule has 4 rings (SSSR count). The first kappa shape index (κ1) is 22.7. The molecule has 2 atom stereocenters. The Morgan fingerprint density at radius 1 is 1.21 bits per heavy atom. The highest BCUT2D eigenvalue weighted by Crippen LogP contribution is 2.38. The van der Waals surface area contributed by atoms with Crippen molar-refractivity contribution < 1.29 is 19.5 Å². The Morgan fingerprint density at radius 2 is 1.91 bits per heavy atom. The molecule has 1 fully saturated rings. The van der Waals surface area contributed by atoms with Gasteiger partial charge in [0, 0.05) is 18.7 Å². The highest BCUT2D eigenvalue weighted by Gasteiger charge is 2.41. The van der Waals surface area contributed by atoms with Crippen LogP contribution in [-0.2, 0) is 29.0 Å². The van der Waals surface area contributed by atoms with Crippen molar-refractivity contribution in [2.24, 2.45) is 0 Å². The second kappa shape index (κ2) is 8.46. The molecule has 33 heavy (non-hydrogen) atoms. The van der Waals surface area contributed by atoms with Crippen LogP contribution in [0.1, 0.15) is 43.8 Å². The number of aliphatic hydroxyl groups excluding tert-OH is 1. The van der Waals surface area contributed by atoms with Crippen molar-refractivity contribution >= 4 is 22.8 Å². The lowest BCUT2D eigenvalue weighted by Gasteiger charge is -2.18. The summed E-state index contributed by atoms with van der Waals surface area (Å²) in [6, 6.07) is 6.06. The maximum atomic E-state index is 13.2. The van der Waals surface area contributed by atoms with E-state index in [4.69, 9.17) is 15.2 Å². The standard InChI is InChI=1S/C21H24N6O6/c1-11-17(33-21(2,3)32-11)15-14(10-28)23-18-16(24-15)19(29)26(20(22)25-18)9-8-12-4-6-13(7-5-12)27(30)31/h4-7,11,17,28H,8-10H2,1-3H3,(H2,22,23,25). The van der Waals surface area contributed by atoms with Crippen LogP contribution in [0, 0.1) is 10.1 Å². The molecule has 174 valence electrons. The summed E-state index contributed by atoms with van der Waals surface area (Å²) < 4.78 is 13.0. The Bertz CT molecular complexity index is 1270. The van der Waals surface area contributed by atoms with Gasteiger partial charge >= 0.3 is 0 Å². The van der Waals surface area contributed by atoms with Crippen molar-refractivity contribution in [3.8, 4) is 0 Å². The number of non-ortho nitro benzene ring substituents is 1. The number of nitrogens with two attached hydrogens (primary N) is 1. The topological polar surface area (TPSA) is 169 Å². The Balaban J connectivity index is 1.70. The number of hydrogen-bond acceptors (Lipinski definition) is 10. The van der Waals surface area contributed by atoms with Gasteiger partial charge in [0.2, 0.25) is 5.95 Å². The second-order valence-corrected chi connectivity index (χ2v) is 8.25. The van der Waals surface area contributed by atoms with Gasteiger partial charge in [0.25, 0.3) is 11.2 Å². The van der Waals surface area contributed by atoms with Gasteiger partial charge in [-0.05, 0) is 32.8 Å². The van der Waals surface area contributed by atoms with Crippen molar-refractivity contribution in [2.75, 3.05) is 5.73 Å². The molecule has 3 heterocycles. The van der Waals surface area contributed by atoms with Crippen molar-refractivity contribution in [3.63, 3.8) is 0 Å². The molecular formula is C21H24N6O6. The number of aromatic nitrogens is 4. The van der Waals surface area contributed by atoms with Crippen molar-refractivity contribution in [3.05, 3.63) is 61.7 Å². The van der Waals surface area contributed by atoms with Crippen LogP contribution in [0.25, 0.3) is 11.2 Å². The molecule has 12 nitrogen and oxygen atoms in total. The number of rotatable bonds is 6. The summed E-state index contributed by atoms with van der Waals surface area (Å²) in [6.45, 7) is 5.12. The summed E-state index contributed by atoms with van der Waals surface area (Å²) >= 11 is 0. The van der Waals surface area contributed by atoms with Gasteiger partial charge in [0.05, 0.1) is 29.0 Å². The summed E-state index contributed by atoms with van der Waals surface area (Å²) in [6.07, 6.45) is -0.595. The number of benzene rings is 1. The lowest BCUT2D eigenvalue weighted by atomic mass is 10.1. The van der Waals surface area contributed by atoms with E-state index in [1.54, 1.807) is 26.0 Å². The smallest absolute Gasteiger partial charge is 0.283 e. The minimum Gasteiger partial charge on any atom is -0.390 e. The van der Waals surface area contributed by atoms with Crippen LogP contribution in [0.2, 0.25) is 0 Å². The molecule has 0 amide bonds.